The predicted octanol–water partition coefficient (Wildman–Crippen LogP) is 8.56. The maximum atomic E-state index is 12.9. The summed E-state index contributed by atoms with van der Waals surface area (Å²) in [6.45, 7) is 3.76. The van der Waals surface area contributed by atoms with Crippen molar-refractivity contribution in [3.63, 3.8) is 0 Å². The highest BCUT2D eigenvalue weighted by atomic mass is 16.7. The fourth-order valence-corrected chi connectivity index (χ4v) is 7.04. The molecule has 1 saturated heterocycles. The summed E-state index contributed by atoms with van der Waals surface area (Å²) < 4.78 is 11.2. The number of amides is 1. The minimum absolute atomic E-state index is 0.176. The summed E-state index contributed by atoms with van der Waals surface area (Å²) in [6.07, 6.45) is 31.1. The minimum atomic E-state index is -1.56. The highest BCUT2D eigenvalue weighted by Gasteiger charge is 2.44. The first-order valence-corrected chi connectivity index (χ1v) is 21.9. The van der Waals surface area contributed by atoms with Gasteiger partial charge in [0.1, 0.15) is 24.4 Å². The molecule has 52 heavy (non-hydrogen) atoms. The van der Waals surface area contributed by atoms with E-state index in [9.17, 15) is 30.3 Å². The van der Waals surface area contributed by atoms with Crippen LogP contribution in [-0.2, 0) is 14.3 Å². The minimum Gasteiger partial charge on any atom is -0.394 e. The number of aliphatic hydroxyl groups excluding tert-OH is 5. The van der Waals surface area contributed by atoms with E-state index in [0.29, 0.717) is 6.42 Å². The molecule has 1 aliphatic rings. The maximum Gasteiger partial charge on any atom is 0.220 e. The Morgan fingerprint density at radius 2 is 1.06 bits per heavy atom. The summed E-state index contributed by atoms with van der Waals surface area (Å²) in [4.78, 5) is 12.9. The van der Waals surface area contributed by atoms with Gasteiger partial charge in [0.05, 0.1) is 25.4 Å². The lowest BCUT2D eigenvalue weighted by Crippen LogP contribution is -2.60. The summed E-state index contributed by atoms with van der Waals surface area (Å²) in [5.74, 6) is -0.176. The van der Waals surface area contributed by atoms with Crippen molar-refractivity contribution >= 4 is 5.91 Å². The Balaban J connectivity index is 2.34. The van der Waals surface area contributed by atoms with E-state index in [0.717, 1.165) is 38.5 Å². The molecule has 0 saturated carbocycles. The van der Waals surface area contributed by atoms with Crippen LogP contribution in [0, 0.1) is 0 Å². The number of rotatable bonds is 36. The van der Waals surface area contributed by atoms with Gasteiger partial charge < -0.3 is 40.3 Å². The van der Waals surface area contributed by atoms with Crippen LogP contribution < -0.4 is 5.32 Å². The van der Waals surface area contributed by atoms with Crippen molar-refractivity contribution in [2.24, 2.45) is 0 Å². The number of carbonyl (C=O) groups excluding carboxylic acids is 1. The molecule has 0 aromatic heterocycles. The fraction of sp³-hybridized carbons (Fsp3) is 0.930. The second-order valence-corrected chi connectivity index (χ2v) is 15.5. The summed E-state index contributed by atoms with van der Waals surface area (Å²) >= 11 is 0. The Morgan fingerprint density at radius 3 is 1.50 bits per heavy atom. The molecule has 308 valence electrons. The van der Waals surface area contributed by atoms with Gasteiger partial charge in [-0.3, -0.25) is 4.79 Å². The summed E-state index contributed by atoms with van der Waals surface area (Å²) in [6, 6.07) is -0.796. The first kappa shape index (κ1) is 48.9. The lowest BCUT2D eigenvalue weighted by Gasteiger charge is -2.40. The van der Waals surface area contributed by atoms with Crippen molar-refractivity contribution in [1.29, 1.82) is 0 Å². The number of aliphatic hydroxyl groups is 5. The lowest BCUT2D eigenvalue weighted by atomic mass is 9.99. The van der Waals surface area contributed by atoms with Gasteiger partial charge in [0, 0.05) is 6.42 Å². The number of ether oxygens (including phenoxy) is 2. The third kappa shape index (κ3) is 25.1. The molecule has 0 aromatic carbocycles. The Bertz CT molecular complexity index is 827. The molecule has 0 radical (unpaired) electrons. The molecule has 2 unspecified atom stereocenters. The number of hydrogen-bond acceptors (Lipinski definition) is 8. The van der Waals surface area contributed by atoms with Gasteiger partial charge in [-0.05, 0) is 19.3 Å². The number of unbranched alkanes of at least 4 members (excludes halogenated alkanes) is 26. The predicted molar refractivity (Wildman–Crippen MR) is 212 cm³/mol. The zero-order valence-electron chi connectivity index (χ0n) is 33.6. The Hall–Kier alpha value is -1.07. The normalized spacial score (nSPS) is 21.9. The first-order valence-electron chi connectivity index (χ1n) is 21.9. The second kappa shape index (κ2) is 34.4. The Labute approximate surface area is 318 Å². The molecule has 1 heterocycles. The number of nitrogens with one attached hydrogen (secondary N) is 1. The standard InChI is InChI=1S/C43H83NO8/c1-3-5-7-9-11-13-15-16-17-18-19-20-21-23-25-27-29-31-33-39(47)44-36(35-51-43-42(50)41(49)40(48)38(34-45)52-43)37(46)32-30-28-26-24-22-14-12-10-8-6-4-2/h30,32,36-38,40-43,45-46,48-50H,3-29,31,33-35H2,1-2H3,(H,44,47)/b32-30+/t36-,37+,38+,40+,41?,42?,43+/m0/s1. The highest BCUT2D eigenvalue weighted by molar-refractivity contribution is 5.76. The summed E-state index contributed by atoms with van der Waals surface area (Å²) in [7, 11) is 0. The molecule has 0 bridgehead atoms. The van der Waals surface area contributed by atoms with E-state index in [1.807, 2.05) is 6.08 Å². The van der Waals surface area contributed by atoms with Gasteiger partial charge in [0.15, 0.2) is 6.29 Å². The van der Waals surface area contributed by atoms with E-state index in [4.69, 9.17) is 9.47 Å². The molecule has 9 heteroatoms. The summed E-state index contributed by atoms with van der Waals surface area (Å²) in [5.41, 5.74) is 0. The third-order valence-corrected chi connectivity index (χ3v) is 10.6. The average Bonchev–Trinajstić information content (AvgIpc) is 3.14. The molecule has 1 fully saturated rings. The molecule has 0 aromatic rings. The van der Waals surface area contributed by atoms with E-state index in [1.165, 1.54) is 141 Å². The van der Waals surface area contributed by atoms with Crippen LogP contribution in [0.1, 0.15) is 200 Å². The smallest absolute Gasteiger partial charge is 0.220 e. The van der Waals surface area contributed by atoms with Gasteiger partial charge in [-0.1, -0.05) is 187 Å². The van der Waals surface area contributed by atoms with Crippen LogP contribution in [0.5, 0.6) is 0 Å². The van der Waals surface area contributed by atoms with Gasteiger partial charge in [0.2, 0.25) is 5.91 Å². The summed E-state index contributed by atoms with van der Waals surface area (Å²) in [5, 5.41) is 54.0. The van der Waals surface area contributed by atoms with Crippen molar-refractivity contribution in [2.75, 3.05) is 13.2 Å². The topological polar surface area (TPSA) is 149 Å². The number of carbonyl (C=O) groups is 1. The van der Waals surface area contributed by atoms with E-state index >= 15 is 0 Å². The van der Waals surface area contributed by atoms with E-state index in [-0.39, 0.29) is 12.5 Å². The molecule has 1 rings (SSSR count). The van der Waals surface area contributed by atoms with Gasteiger partial charge in [-0.25, -0.2) is 0 Å². The van der Waals surface area contributed by atoms with Crippen molar-refractivity contribution < 1.29 is 39.8 Å². The molecule has 0 spiro atoms. The molecule has 1 amide bonds. The fourth-order valence-electron chi connectivity index (χ4n) is 7.04. The second-order valence-electron chi connectivity index (χ2n) is 15.5. The molecule has 1 aliphatic heterocycles. The van der Waals surface area contributed by atoms with Crippen LogP contribution in [0.3, 0.4) is 0 Å². The van der Waals surface area contributed by atoms with Crippen LogP contribution in [0.4, 0.5) is 0 Å². The molecule has 7 atom stereocenters. The number of hydrogen-bond donors (Lipinski definition) is 6. The van der Waals surface area contributed by atoms with Crippen LogP contribution >= 0.6 is 0 Å². The van der Waals surface area contributed by atoms with E-state index in [1.54, 1.807) is 6.08 Å². The van der Waals surface area contributed by atoms with Crippen molar-refractivity contribution in [1.82, 2.24) is 5.32 Å². The molecule has 6 N–H and O–H groups in total. The van der Waals surface area contributed by atoms with Gasteiger partial charge in [0.25, 0.3) is 0 Å². The quantitative estimate of drug-likeness (QED) is 0.0277. The SMILES string of the molecule is CCCCCCCCCCC/C=C/[C@@H](O)[C@H](CO[C@@H]1O[C@H](CO)[C@@H](O)C(O)C1O)NC(=O)CCCCCCCCCCCCCCCCCCCC. The first-order chi connectivity index (χ1) is 25.3. The monoisotopic (exact) mass is 742 g/mol. The molecule has 0 aliphatic carbocycles. The number of allylic oxidation sites excluding steroid dienone is 1. The Kier molecular flexibility index (Phi) is 32.4. The zero-order valence-corrected chi connectivity index (χ0v) is 33.6. The van der Waals surface area contributed by atoms with Gasteiger partial charge in [-0.15, -0.1) is 0 Å². The van der Waals surface area contributed by atoms with Crippen LogP contribution in [0.25, 0.3) is 0 Å². The van der Waals surface area contributed by atoms with Crippen LogP contribution in [0.15, 0.2) is 12.2 Å². The van der Waals surface area contributed by atoms with Crippen molar-refractivity contribution in [3.8, 4) is 0 Å². The third-order valence-electron chi connectivity index (χ3n) is 10.6. The Morgan fingerprint density at radius 1 is 0.635 bits per heavy atom. The van der Waals surface area contributed by atoms with Crippen LogP contribution in [-0.4, -0.2) is 87.5 Å². The van der Waals surface area contributed by atoms with E-state index < -0.39 is 49.5 Å². The van der Waals surface area contributed by atoms with Gasteiger partial charge >= 0.3 is 0 Å². The van der Waals surface area contributed by atoms with Gasteiger partial charge in [-0.2, -0.15) is 0 Å². The van der Waals surface area contributed by atoms with Crippen molar-refractivity contribution in [3.05, 3.63) is 12.2 Å². The molecular formula is C43H83NO8. The largest absolute Gasteiger partial charge is 0.394 e. The van der Waals surface area contributed by atoms with Crippen LogP contribution in [0.2, 0.25) is 0 Å². The molecule has 9 nitrogen and oxygen atoms in total. The highest BCUT2D eigenvalue weighted by Crippen LogP contribution is 2.22. The zero-order chi connectivity index (χ0) is 38.1. The van der Waals surface area contributed by atoms with E-state index in [2.05, 4.69) is 19.2 Å². The lowest BCUT2D eigenvalue weighted by molar-refractivity contribution is -0.302. The maximum absolute atomic E-state index is 12.9. The molecular weight excluding hydrogens is 658 g/mol. The average molecular weight is 742 g/mol. The van der Waals surface area contributed by atoms with Crippen molar-refractivity contribution in [2.45, 2.75) is 243 Å².